The van der Waals surface area contributed by atoms with Crippen molar-refractivity contribution in [2.24, 2.45) is 10.7 Å². The third-order valence-electron chi connectivity index (χ3n) is 5.21. The Balaban J connectivity index is 1.96. The molecule has 0 aliphatic carbocycles. The fourth-order valence-electron chi connectivity index (χ4n) is 3.63. The van der Waals surface area contributed by atoms with Crippen LogP contribution < -0.4 is 10.6 Å². The molecule has 0 unspecified atom stereocenters. The first-order valence-electron chi connectivity index (χ1n) is 9.37. The van der Waals surface area contributed by atoms with Crippen LogP contribution in [0.5, 0.6) is 0 Å². The van der Waals surface area contributed by atoms with E-state index in [1.54, 1.807) is 30.1 Å². The van der Waals surface area contributed by atoms with Crippen molar-refractivity contribution in [3.8, 4) is 11.1 Å². The highest BCUT2D eigenvalue weighted by Gasteiger charge is 2.24. The summed E-state index contributed by atoms with van der Waals surface area (Å²) in [5.74, 6) is -0.581. The lowest BCUT2D eigenvalue weighted by Crippen LogP contribution is -2.28. The van der Waals surface area contributed by atoms with Gasteiger partial charge in [-0.3, -0.25) is 14.6 Å². The van der Waals surface area contributed by atoms with E-state index in [2.05, 4.69) is 23.2 Å². The van der Waals surface area contributed by atoms with Crippen molar-refractivity contribution < 1.29 is 9.59 Å². The zero-order valence-corrected chi connectivity index (χ0v) is 16.3. The number of carbonyl (C=O) groups excluding carboxylic acids is 2. The Kier molecular flexibility index (Phi) is 4.72. The van der Waals surface area contributed by atoms with Crippen LogP contribution >= 0.6 is 0 Å². The van der Waals surface area contributed by atoms with Crippen LogP contribution in [-0.4, -0.2) is 31.1 Å². The van der Waals surface area contributed by atoms with Gasteiger partial charge in [-0.2, -0.15) is 0 Å². The summed E-state index contributed by atoms with van der Waals surface area (Å²) in [5, 5.41) is 0. The average molecular weight is 383 g/mol. The molecule has 0 radical (unpaired) electrons. The summed E-state index contributed by atoms with van der Waals surface area (Å²) >= 11 is 0. The van der Waals surface area contributed by atoms with Crippen molar-refractivity contribution >= 4 is 23.2 Å². The van der Waals surface area contributed by atoms with Gasteiger partial charge >= 0.3 is 0 Å². The highest BCUT2D eigenvalue weighted by Crippen LogP contribution is 2.34. The number of anilines is 1. The monoisotopic (exact) mass is 383 g/mol. The molecular weight excluding hydrogens is 362 g/mol. The summed E-state index contributed by atoms with van der Waals surface area (Å²) in [7, 11) is 1.76. The van der Waals surface area contributed by atoms with Gasteiger partial charge in [-0.15, -0.1) is 0 Å². The molecule has 1 aliphatic heterocycles. The molecule has 1 heterocycles. The number of rotatable bonds is 3. The Labute approximate surface area is 169 Å². The maximum atomic E-state index is 12.5. The molecule has 0 aromatic heterocycles. The summed E-state index contributed by atoms with van der Waals surface area (Å²) in [6, 6.07) is 21.3. The largest absolute Gasteiger partial charge is 0.366 e. The van der Waals surface area contributed by atoms with Crippen molar-refractivity contribution in [1.82, 2.24) is 0 Å². The molecule has 0 saturated carbocycles. The second-order valence-corrected chi connectivity index (χ2v) is 7.11. The van der Waals surface area contributed by atoms with E-state index in [0.717, 1.165) is 33.5 Å². The molecule has 0 spiro atoms. The Hall–Kier alpha value is -3.73. The minimum atomic E-state index is -0.497. The van der Waals surface area contributed by atoms with Crippen LogP contribution in [0.1, 0.15) is 27.0 Å². The SMILES string of the molecule is Cc1cc2c(cc1-c1ccccc1)C(c1cccc(C(N)=O)c1)=NCC(=O)N2C. The molecule has 2 N–H and O–H groups in total. The minimum Gasteiger partial charge on any atom is -0.366 e. The number of fused-ring (bicyclic) bond motifs is 1. The maximum Gasteiger partial charge on any atom is 0.248 e. The van der Waals surface area contributed by atoms with Gasteiger partial charge in [-0.05, 0) is 47.9 Å². The van der Waals surface area contributed by atoms with E-state index in [1.807, 2.05) is 37.3 Å². The van der Waals surface area contributed by atoms with E-state index in [4.69, 9.17) is 5.73 Å². The number of aryl methyl sites for hydroxylation is 1. The Morgan fingerprint density at radius 2 is 1.69 bits per heavy atom. The van der Waals surface area contributed by atoms with Gasteiger partial charge in [0.15, 0.2) is 0 Å². The maximum absolute atomic E-state index is 12.5. The van der Waals surface area contributed by atoms with Gasteiger partial charge in [0.2, 0.25) is 11.8 Å². The van der Waals surface area contributed by atoms with Gasteiger partial charge in [0.1, 0.15) is 6.54 Å². The topological polar surface area (TPSA) is 75.8 Å². The van der Waals surface area contributed by atoms with Gasteiger partial charge in [0, 0.05) is 23.7 Å². The van der Waals surface area contributed by atoms with Gasteiger partial charge in [-0.1, -0.05) is 42.5 Å². The zero-order chi connectivity index (χ0) is 20.5. The normalized spacial score (nSPS) is 13.5. The lowest BCUT2D eigenvalue weighted by Gasteiger charge is -2.21. The lowest BCUT2D eigenvalue weighted by atomic mass is 9.92. The molecular formula is C24H21N3O2. The highest BCUT2D eigenvalue weighted by molar-refractivity contribution is 6.20. The highest BCUT2D eigenvalue weighted by atomic mass is 16.2. The third kappa shape index (κ3) is 3.43. The predicted octanol–water partition coefficient (Wildman–Crippen LogP) is 3.57. The van der Waals surface area contributed by atoms with Gasteiger partial charge in [0.25, 0.3) is 0 Å². The number of hydrogen-bond acceptors (Lipinski definition) is 3. The Morgan fingerprint density at radius 3 is 2.41 bits per heavy atom. The average Bonchev–Trinajstić information content (AvgIpc) is 2.85. The molecule has 3 aromatic rings. The molecule has 0 saturated heterocycles. The number of benzodiazepines with no additional fused rings is 1. The first kappa shape index (κ1) is 18.6. The van der Waals surface area contributed by atoms with Crippen molar-refractivity contribution in [2.45, 2.75) is 6.92 Å². The molecule has 1 aliphatic rings. The van der Waals surface area contributed by atoms with Crippen molar-refractivity contribution in [3.05, 3.63) is 89.0 Å². The van der Waals surface area contributed by atoms with Crippen LogP contribution in [0.3, 0.4) is 0 Å². The number of nitrogens with two attached hydrogens (primary N) is 1. The number of amides is 2. The van der Waals surface area contributed by atoms with Crippen LogP contribution in [0.25, 0.3) is 11.1 Å². The predicted molar refractivity (Wildman–Crippen MR) is 115 cm³/mol. The number of benzene rings is 3. The molecule has 3 aromatic carbocycles. The summed E-state index contributed by atoms with van der Waals surface area (Å²) in [6.45, 7) is 2.08. The van der Waals surface area contributed by atoms with Crippen molar-refractivity contribution in [2.75, 3.05) is 18.5 Å². The van der Waals surface area contributed by atoms with E-state index in [1.165, 1.54) is 0 Å². The molecule has 2 amide bonds. The van der Waals surface area contributed by atoms with E-state index < -0.39 is 5.91 Å². The Morgan fingerprint density at radius 1 is 0.966 bits per heavy atom. The number of carbonyl (C=O) groups is 2. The second kappa shape index (κ2) is 7.36. The number of likely N-dealkylation sites (N-methyl/N-ethyl adjacent to an activating group) is 1. The van der Waals surface area contributed by atoms with Crippen LogP contribution in [0, 0.1) is 6.92 Å². The van der Waals surface area contributed by atoms with Crippen LogP contribution in [0.2, 0.25) is 0 Å². The van der Waals surface area contributed by atoms with Crippen LogP contribution in [-0.2, 0) is 4.79 Å². The summed E-state index contributed by atoms with van der Waals surface area (Å²) < 4.78 is 0. The fraction of sp³-hybridized carbons (Fsp3) is 0.125. The van der Waals surface area contributed by atoms with Gasteiger partial charge in [0.05, 0.1) is 11.4 Å². The summed E-state index contributed by atoms with van der Waals surface area (Å²) in [4.78, 5) is 30.4. The standard InChI is InChI=1S/C24H21N3O2/c1-15-11-21-20(13-19(15)16-7-4-3-5-8-16)23(26-14-22(28)27(21)2)17-9-6-10-18(12-17)24(25)29/h3-13H,14H2,1-2H3,(H2,25,29). The molecule has 0 fully saturated rings. The smallest absolute Gasteiger partial charge is 0.248 e. The number of hydrogen-bond donors (Lipinski definition) is 1. The first-order valence-corrected chi connectivity index (χ1v) is 9.37. The third-order valence-corrected chi connectivity index (χ3v) is 5.21. The summed E-state index contributed by atoms with van der Waals surface area (Å²) in [6.07, 6.45) is 0. The first-order chi connectivity index (χ1) is 14.0. The zero-order valence-electron chi connectivity index (χ0n) is 16.3. The summed E-state index contributed by atoms with van der Waals surface area (Å²) in [5.41, 5.74) is 12.2. The lowest BCUT2D eigenvalue weighted by molar-refractivity contribution is -0.116. The number of nitrogens with zero attached hydrogens (tertiary/aromatic N) is 2. The Bertz CT molecular complexity index is 1150. The van der Waals surface area contributed by atoms with Gasteiger partial charge in [-0.25, -0.2) is 0 Å². The quantitative estimate of drug-likeness (QED) is 0.751. The molecule has 4 rings (SSSR count). The number of aliphatic imine (C=N–C) groups is 1. The van der Waals surface area contributed by atoms with E-state index >= 15 is 0 Å². The van der Waals surface area contributed by atoms with Crippen molar-refractivity contribution in [3.63, 3.8) is 0 Å². The fourth-order valence-corrected chi connectivity index (χ4v) is 3.63. The molecule has 5 heteroatoms. The van der Waals surface area contributed by atoms with Crippen LogP contribution in [0.4, 0.5) is 5.69 Å². The molecule has 0 atom stereocenters. The molecule has 5 nitrogen and oxygen atoms in total. The van der Waals surface area contributed by atoms with E-state index in [-0.39, 0.29) is 12.5 Å². The van der Waals surface area contributed by atoms with E-state index in [0.29, 0.717) is 11.3 Å². The molecule has 29 heavy (non-hydrogen) atoms. The van der Waals surface area contributed by atoms with Crippen LogP contribution in [0.15, 0.2) is 71.7 Å². The molecule has 144 valence electrons. The van der Waals surface area contributed by atoms with E-state index in [9.17, 15) is 9.59 Å². The molecule has 0 bridgehead atoms. The number of primary amides is 1. The van der Waals surface area contributed by atoms with Gasteiger partial charge < -0.3 is 10.6 Å². The minimum absolute atomic E-state index is 0.0427. The van der Waals surface area contributed by atoms with Crippen molar-refractivity contribution in [1.29, 1.82) is 0 Å². The second-order valence-electron chi connectivity index (χ2n) is 7.11.